The van der Waals surface area contributed by atoms with Gasteiger partial charge in [-0.3, -0.25) is 4.79 Å². The average molecular weight is 664 g/mol. The smallest absolute Gasteiger partial charge is 0.240 e. The number of amides is 1. The molecule has 1 aliphatic heterocycles. The first-order valence-electron chi connectivity index (χ1n) is 14.6. The first-order valence-corrected chi connectivity index (χ1v) is 16.8. The summed E-state index contributed by atoms with van der Waals surface area (Å²) in [4.78, 5) is 21.4. The number of carbonyl (C=O) groups excluding carboxylic acids is 1. The molecule has 3 aromatic carbocycles. The molecule has 3 N–H and O–H groups in total. The fourth-order valence-electron chi connectivity index (χ4n) is 5.25. The van der Waals surface area contributed by atoms with E-state index in [1.54, 1.807) is 35.0 Å². The van der Waals surface area contributed by atoms with Crippen molar-refractivity contribution in [2.24, 2.45) is 0 Å². The number of fused-ring (bicyclic) bond motifs is 1. The molecule has 3 heterocycles. The van der Waals surface area contributed by atoms with Gasteiger partial charge in [0.25, 0.3) is 0 Å². The molecule has 1 amide bonds. The molecule has 6 rings (SSSR count). The fourth-order valence-corrected chi connectivity index (χ4v) is 7.07. The molecule has 46 heavy (non-hydrogen) atoms. The summed E-state index contributed by atoms with van der Waals surface area (Å²) in [5.41, 5.74) is 2.66. The summed E-state index contributed by atoms with van der Waals surface area (Å²) in [7, 11) is -3.12. The Bertz CT molecular complexity index is 2010. The van der Waals surface area contributed by atoms with Crippen molar-refractivity contribution in [2.75, 3.05) is 23.4 Å². The molecule has 2 aromatic heterocycles. The third-order valence-electron chi connectivity index (χ3n) is 7.89. The highest BCUT2D eigenvalue weighted by molar-refractivity contribution is 7.91. The molecule has 0 radical (unpaired) electrons. The van der Waals surface area contributed by atoms with Crippen molar-refractivity contribution in [3.05, 3.63) is 102 Å². The highest BCUT2D eigenvalue weighted by Gasteiger charge is 2.35. The van der Waals surface area contributed by atoms with Crippen LogP contribution in [0, 0.1) is 5.82 Å². The van der Waals surface area contributed by atoms with E-state index in [0.29, 0.717) is 27.8 Å². The normalized spacial score (nSPS) is 15.4. The Morgan fingerprint density at radius 3 is 2.65 bits per heavy atom. The summed E-state index contributed by atoms with van der Waals surface area (Å²) in [5.74, 6) is 0.257. The van der Waals surface area contributed by atoms with Gasteiger partial charge in [-0.25, -0.2) is 22.8 Å². The second-order valence-electron chi connectivity index (χ2n) is 11.4. The number of hydrogen-bond acceptors (Lipinski definition) is 8. The second-order valence-corrected chi connectivity index (χ2v) is 14.1. The minimum Gasteiger partial charge on any atom is -0.487 e. The van der Waals surface area contributed by atoms with Crippen LogP contribution in [0.4, 0.5) is 15.9 Å². The molecule has 0 bridgehead atoms. The molecule has 0 aliphatic carbocycles. The molecule has 238 valence electrons. The van der Waals surface area contributed by atoms with Gasteiger partial charge in [0.2, 0.25) is 5.91 Å². The minimum absolute atomic E-state index is 0.00576. The van der Waals surface area contributed by atoms with Crippen molar-refractivity contribution in [2.45, 2.75) is 31.6 Å². The van der Waals surface area contributed by atoms with Gasteiger partial charge >= 0.3 is 0 Å². The number of benzene rings is 3. The Hall–Kier alpha value is -4.52. The lowest BCUT2D eigenvalue weighted by atomic mass is 9.97. The first-order chi connectivity index (χ1) is 22.0. The Balaban J connectivity index is 1.11. The molecule has 1 aliphatic rings. The number of anilines is 2. The molecule has 1 saturated heterocycles. The maximum Gasteiger partial charge on any atom is 0.240 e. The van der Waals surface area contributed by atoms with Gasteiger partial charge in [0.05, 0.1) is 27.6 Å². The molecular weight excluding hydrogens is 633 g/mol. The van der Waals surface area contributed by atoms with Crippen LogP contribution < -0.4 is 15.4 Å². The Kier molecular flexibility index (Phi) is 8.94. The van der Waals surface area contributed by atoms with Crippen molar-refractivity contribution < 1.29 is 27.4 Å². The minimum atomic E-state index is -3.12. The summed E-state index contributed by atoms with van der Waals surface area (Å²) < 4.78 is 44.3. The van der Waals surface area contributed by atoms with Crippen LogP contribution in [-0.4, -0.2) is 57.6 Å². The van der Waals surface area contributed by atoms with Crippen LogP contribution in [-0.2, 0) is 27.8 Å². The van der Waals surface area contributed by atoms with Gasteiger partial charge < -0.3 is 25.0 Å². The van der Waals surface area contributed by atoms with Crippen LogP contribution >= 0.6 is 11.6 Å². The summed E-state index contributed by atoms with van der Waals surface area (Å²) in [6, 6.07) is 19.1. The molecule has 0 spiro atoms. The number of ether oxygens (including phenoxy) is 1. The van der Waals surface area contributed by atoms with E-state index in [1.165, 1.54) is 18.5 Å². The summed E-state index contributed by atoms with van der Waals surface area (Å²) in [6.07, 6.45) is 5.33. The van der Waals surface area contributed by atoms with Gasteiger partial charge in [-0.2, -0.15) is 0 Å². The number of halogens is 2. The Labute approximate surface area is 270 Å². The van der Waals surface area contributed by atoms with Gasteiger partial charge in [0, 0.05) is 30.0 Å². The monoisotopic (exact) mass is 663 g/mol. The SMILES string of the molecule is O=C(Cn1ccc(-c2ccc3ncnc(Nc4ccc(OCc5cccc(F)c5)c(Cl)c4)c3c2)c1)NCC1(O)CCS(=O)(=O)CC1. The van der Waals surface area contributed by atoms with Crippen LogP contribution in [0.2, 0.25) is 5.02 Å². The number of nitrogens with one attached hydrogen (secondary N) is 2. The number of aliphatic hydroxyl groups is 1. The van der Waals surface area contributed by atoms with E-state index in [1.807, 2.05) is 36.5 Å². The van der Waals surface area contributed by atoms with E-state index >= 15 is 0 Å². The fraction of sp³-hybridized carbons (Fsp3) is 0.242. The van der Waals surface area contributed by atoms with Crippen molar-refractivity contribution in [1.29, 1.82) is 0 Å². The van der Waals surface area contributed by atoms with Crippen LogP contribution in [0.15, 0.2) is 85.5 Å². The number of hydrogen-bond donors (Lipinski definition) is 3. The van der Waals surface area contributed by atoms with Gasteiger partial charge in [-0.1, -0.05) is 29.8 Å². The topological polar surface area (TPSA) is 135 Å². The van der Waals surface area contributed by atoms with E-state index in [2.05, 4.69) is 20.6 Å². The van der Waals surface area contributed by atoms with E-state index < -0.39 is 15.4 Å². The summed E-state index contributed by atoms with van der Waals surface area (Å²) in [6.45, 7) is 0.222. The zero-order chi connectivity index (χ0) is 32.3. The number of aromatic nitrogens is 3. The first kappa shape index (κ1) is 31.5. The van der Waals surface area contributed by atoms with Crippen LogP contribution in [0.3, 0.4) is 0 Å². The molecule has 5 aromatic rings. The van der Waals surface area contributed by atoms with Gasteiger partial charge in [0.15, 0.2) is 9.84 Å². The Morgan fingerprint density at radius 1 is 1.04 bits per heavy atom. The molecule has 0 saturated carbocycles. The maximum absolute atomic E-state index is 13.5. The highest BCUT2D eigenvalue weighted by atomic mass is 35.5. The van der Waals surface area contributed by atoms with Gasteiger partial charge in [-0.05, 0) is 78.1 Å². The largest absolute Gasteiger partial charge is 0.487 e. The molecule has 0 atom stereocenters. The van der Waals surface area contributed by atoms with E-state index in [9.17, 15) is 22.7 Å². The highest BCUT2D eigenvalue weighted by Crippen LogP contribution is 2.32. The number of nitrogens with zero attached hydrogens (tertiary/aromatic N) is 3. The second kappa shape index (κ2) is 13.1. The van der Waals surface area contributed by atoms with E-state index in [-0.39, 0.29) is 55.8 Å². The van der Waals surface area contributed by atoms with Crippen molar-refractivity contribution in [1.82, 2.24) is 19.9 Å². The average Bonchev–Trinajstić information content (AvgIpc) is 3.50. The van der Waals surface area contributed by atoms with Crippen LogP contribution in [0.25, 0.3) is 22.0 Å². The zero-order valence-electron chi connectivity index (χ0n) is 24.6. The molecule has 0 unspecified atom stereocenters. The summed E-state index contributed by atoms with van der Waals surface area (Å²) in [5, 5.41) is 17.8. The lowest BCUT2D eigenvalue weighted by Gasteiger charge is -2.31. The molecule has 10 nitrogen and oxygen atoms in total. The standard InChI is InChI=1S/C33H31ClFN5O5S/c34-28-16-26(5-7-30(28)45-19-22-2-1-3-25(35)14-22)39-32-27-15-23(4-6-29(27)37-21-38-32)24-8-11-40(17-24)18-31(41)36-20-33(42)9-12-46(43,44)13-10-33/h1-8,11,14-17,21,42H,9-10,12-13,18-20H2,(H,36,41)(H,37,38,39). The summed E-state index contributed by atoms with van der Waals surface area (Å²) >= 11 is 6.49. The lowest BCUT2D eigenvalue weighted by Crippen LogP contribution is -2.48. The predicted octanol–water partition coefficient (Wildman–Crippen LogP) is 5.27. The van der Waals surface area contributed by atoms with Gasteiger partial charge in [0.1, 0.15) is 36.9 Å². The van der Waals surface area contributed by atoms with Crippen molar-refractivity contribution >= 4 is 49.8 Å². The van der Waals surface area contributed by atoms with Crippen molar-refractivity contribution in [3.8, 4) is 16.9 Å². The number of carbonyl (C=O) groups is 1. The Morgan fingerprint density at radius 2 is 1.87 bits per heavy atom. The number of rotatable bonds is 10. The van der Waals surface area contributed by atoms with Crippen molar-refractivity contribution in [3.63, 3.8) is 0 Å². The predicted molar refractivity (Wildman–Crippen MR) is 174 cm³/mol. The maximum atomic E-state index is 13.5. The van der Waals surface area contributed by atoms with Crippen LogP contribution in [0.1, 0.15) is 18.4 Å². The van der Waals surface area contributed by atoms with E-state index in [0.717, 1.165) is 22.0 Å². The van der Waals surface area contributed by atoms with Gasteiger partial charge in [-0.15, -0.1) is 0 Å². The molecule has 13 heteroatoms. The quantitative estimate of drug-likeness (QED) is 0.184. The molecule has 1 fully saturated rings. The molecular formula is C33H31ClFN5O5S. The third-order valence-corrected chi connectivity index (χ3v) is 9.84. The lowest BCUT2D eigenvalue weighted by molar-refractivity contribution is -0.123. The van der Waals surface area contributed by atoms with E-state index in [4.69, 9.17) is 16.3 Å². The third kappa shape index (κ3) is 7.64. The number of sulfone groups is 1. The van der Waals surface area contributed by atoms with Crippen LogP contribution in [0.5, 0.6) is 5.75 Å². The zero-order valence-corrected chi connectivity index (χ0v) is 26.2.